The molecule has 1 saturated heterocycles. The third-order valence-corrected chi connectivity index (χ3v) is 11.9. The van der Waals surface area contributed by atoms with Gasteiger partial charge in [0.15, 0.2) is 0 Å². The summed E-state index contributed by atoms with van der Waals surface area (Å²) in [5, 5.41) is 6.93. The van der Waals surface area contributed by atoms with Crippen molar-refractivity contribution in [3.05, 3.63) is 67.3 Å². The molecule has 1 aliphatic heterocycles. The molecule has 4 fully saturated rings. The fraction of sp³-hybridized carbons (Fsp3) is 0.441. The van der Waals surface area contributed by atoms with E-state index in [1.165, 1.54) is 0 Å². The molecule has 10 nitrogen and oxygen atoms in total. The maximum absolute atomic E-state index is 13.5. The van der Waals surface area contributed by atoms with Gasteiger partial charge in [-0.3, -0.25) is 14.3 Å². The van der Waals surface area contributed by atoms with Crippen LogP contribution in [-0.2, 0) is 19.6 Å². The molecule has 3 N–H and O–H groups in total. The van der Waals surface area contributed by atoms with Crippen molar-refractivity contribution in [3.63, 3.8) is 0 Å². The SMILES string of the molecule is C=C[C@@H]1C[C@]1(NC(=O)C1C[C@@H](Oc2cc(-c3ccccc3)nc3cc(OC)ccc23)CN1)C(=O)NS(=O)(=O)C1(CC2CC2)CC1. The normalized spacial score (nSPS) is 26.6. The number of aromatic nitrogens is 1. The molecule has 3 aliphatic carbocycles. The van der Waals surface area contributed by atoms with Gasteiger partial charge in [0.2, 0.25) is 15.9 Å². The molecule has 11 heteroatoms. The summed E-state index contributed by atoms with van der Waals surface area (Å²) in [4.78, 5) is 31.8. The fourth-order valence-corrected chi connectivity index (χ4v) is 8.30. The van der Waals surface area contributed by atoms with Gasteiger partial charge in [-0.2, -0.15) is 0 Å². The standard InChI is InChI=1S/C34H38N4O6S/c1-3-23-19-34(23,32(40)38-45(41,42)33(13-14-33)18-21-9-10-21)37-31(39)29-16-25(20-35-29)44-30-17-27(22-7-5-4-6-8-22)36-28-15-24(43-2)11-12-26(28)30/h3-8,11-12,15,17,21,23,25,29,35H,1,9-10,13-14,16,18-20H2,2H3,(H,37,39)(H,38,40)/t23-,25-,29?,34-/m1/s1. The van der Waals surface area contributed by atoms with Gasteiger partial charge in [0.25, 0.3) is 5.91 Å². The van der Waals surface area contributed by atoms with E-state index >= 15 is 0 Å². The van der Waals surface area contributed by atoms with Gasteiger partial charge in [0, 0.05) is 42.0 Å². The second-order valence-corrected chi connectivity index (χ2v) is 15.0. The molecule has 0 bridgehead atoms. The van der Waals surface area contributed by atoms with Gasteiger partial charge in [-0.05, 0) is 43.7 Å². The zero-order chi connectivity index (χ0) is 31.4. The molecule has 3 saturated carbocycles. The number of rotatable bonds is 12. The Morgan fingerprint density at radius 2 is 1.91 bits per heavy atom. The lowest BCUT2D eigenvalue weighted by Crippen LogP contribution is -2.56. The van der Waals surface area contributed by atoms with Gasteiger partial charge in [-0.1, -0.05) is 49.2 Å². The maximum Gasteiger partial charge on any atom is 0.259 e. The van der Waals surface area contributed by atoms with Crippen molar-refractivity contribution >= 4 is 32.7 Å². The summed E-state index contributed by atoms with van der Waals surface area (Å²) in [5.41, 5.74) is 1.10. The number of pyridine rings is 1. The number of sulfonamides is 1. The minimum Gasteiger partial charge on any atom is -0.497 e. The summed E-state index contributed by atoms with van der Waals surface area (Å²) in [6, 6.07) is 16.8. The Morgan fingerprint density at radius 3 is 2.58 bits per heavy atom. The number of hydrogen-bond donors (Lipinski definition) is 3. The smallest absolute Gasteiger partial charge is 0.259 e. The van der Waals surface area contributed by atoms with E-state index in [1.54, 1.807) is 13.2 Å². The van der Waals surface area contributed by atoms with Crippen molar-refractivity contribution in [3.8, 4) is 22.8 Å². The quantitative estimate of drug-likeness (QED) is 0.257. The predicted octanol–water partition coefficient (Wildman–Crippen LogP) is 3.86. The highest BCUT2D eigenvalue weighted by molar-refractivity contribution is 7.91. The van der Waals surface area contributed by atoms with Crippen LogP contribution in [0.5, 0.6) is 11.5 Å². The van der Waals surface area contributed by atoms with Crippen LogP contribution in [-0.4, -0.2) is 61.3 Å². The number of carbonyl (C=O) groups is 2. The van der Waals surface area contributed by atoms with E-state index in [4.69, 9.17) is 14.5 Å². The van der Waals surface area contributed by atoms with Crippen molar-refractivity contribution in [2.45, 2.75) is 67.4 Å². The molecule has 45 heavy (non-hydrogen) atoms. The minimum atomic E-state index is -3.86. The molecule has 1 unspecified atom stereocenters. The lowest BCUT2D eigenvalue weighted by Gasteiger charge is -2.23. The first kappa shape index (κ1) is 29.7. The van der Waals surface area contributed by atoms with Crippen molar-refractivity contribution in [2.75, 3.05) is 13.7 Å². The summed E-state index contributed by atoms with van der Waals surface area (Å²) in [5.74, 6) is 0.359. The Labute approximate surface area is 263 Å². The van der Waals surface area contributed by atoms with E-state index in [2.05, 4.69) is 21.9 Å². The highest BCUT2D eigenvalue weighted by atomic mass is 32.2. The van der Waals surface area contributed by atoms with Gasteiger partial charge < -0.3 is 20.1 Å². The molecular weight excluding hydrogens is 592 g/mol. The van der Waals surface area contributed by atoms with Crippen LogP contribution in [0.25, 0.3) is 22.2 Å². The average Bonchev–Trinajstić information content (AvgIpc) is 3.99. The molecule has 236 valence electrons. The van der Waals surface area contributed by atoms with Crippen molar-refractivity contribution in [1.29, 1.82) is 0 Å². The van der Waals surface area contributed by atoms with Crippen LogP contribution in [0.1, 0.15) is 44.9 Å². The molecule has 4 atom stereocenters. The van der Waals surface area contributed by atoms with Crippen LogP contribution < -0.4 is 24.8 Å². The third kappa shape index (κ3) is 5.68. The molecule has 3 aromatic rings. The van der Waals surface area contributed by atoms with Crippen LogP contribution in [0.4, 0.5) is 0 Å². The van der Waals surface area contributed by atoms with E-state index < -0.39 is 32.3 Å². The highest BCUT2D eigenvalue weighted by Gasteiger charge is 2.63. The number of nitrogens with zero attached hydrogens (tertiary/aromatic N) is 1. The third-order valence-electron chi connectivity index (χ3n) is 9.76. The molecule has 4 aliphatic rings. The topological polar surface area (TPSA) is 136 Å². The van der Waals surface area contributed by atoms with Gasteiger partial charge in [0.05, 0.1) is 29.1 Å². The molecule has 2 amide bonds. The van der Waals surface area contributed by atoms with Crippen LogP contribution in [0, 0.1) is 11.8 Å². The van der Waals surface area contributed by atoms with Crippen molar-refractivity contribution in [2.24, 2.45) is 11.8 Å². The number of fused-ring (bicyclic) bond motifs is 1. The second-order valence-electron chi connectivity index (χ2n) is 13.0. The van der Waals surface area contributed by atoms with E-state index in [9.17, 15) is 18.0 Å². The number of benzene rings is 2. The molecular formula is C34H38N4O6S. The summed E-state index contributed by atoms with van der Waals surface area (Å²) >= 11 is 0. The Balaban J connectivity index is 1.05. The minimum absolute atomic E-state index is 0.306. The number of carbonyl (C=O) groups excluding carboxylic acids is 2. The fourth-order valence-electron chi connectivity index (χ4n) is 6.56. The van der Waals surface area contributed by atoms with Gasteiger partial charge >= 0.3 is 0 Å². The number of hydrogen-bond acceptors (Lipinski definition) is 8. The summed E-state index contributed by atoms with van der Waals surface area (Å²) in [6.07, 6.45) is 5.77. The second kappa shape index (κ2) is 11.1. The van der Waals surface area contributed by atoms with Crippen LogP contribution in [0.15, 0.2) is 67.3 Å². The molecule has 7 rings (SSSR count). The molecule has 2 aromatic carbocycles. The van der Waals surface area contributed by atoms with Crippen LogP contribution in [0.2, 0.25) is 0 Å². The van der Waals surface area contributed by atoms with Crippen molar-refractivity contribution in [1.82, 2.24) is 20.3 Å². The van der Waals surface area contributed by atoms with E-state index in [1.807, 2.05) is 54.6 Å². The highest BCUT2D eigenvalue weighted by Crippen LogP contribution is 2.53. The molecule has 1 aromatic heterocycles. The molecule has 0 radical (unpaired) electrons. The zero-order valence-corrected chi connectivity index (χ0v) is 26.1. The summed E-state index contributed by atoms with van der Waals surface area (Å²) in [7, 11) is -2.25. The Kier molecular flexibility index (Phi) is 7.36. The summed E-state index contributed by atoms with van der Waals surface area (Å²) < 4.78 is 39.9. The monoisotopic (exact) mass is 630 g/mol. The average molecular weight is 631 g/mol. The van der Waals surface area contributed by atoms with Crippen LogP contribution >= 0.6 is 0 Å². The van der Waals surface area contributed by atoms with E-state index in [0.29, 0.717) is 56.1 Å². The van der Waals surface area contributed by atoms with E-state index in [0.717, 1.165) is 35.0 Å². The molecule has 2 heterocycles. The zero-order valence-electron chi connectivity index (χ0n) is 25.3. The van der Waals surface area contributed by atoms with E-state index in [-0.39, 0.29) is 17.9 Å². The number of nitrogens with one attached hydrogen (secondary N) is 3. The Morgan fingerprint density at radius 1 is 1.13 bits per heavy atom. The van der Waals surface area contributed by atoms with Gasteiger partial charge in [-0.25, -0.2) is 13.4 Å². The van der Waals surface area contributed by atoms with Gasteiger partial charge in [-0.15, -0.1) is 6.58 Å². The predicted molar refractivity (Wildman–Crippen MR) is 170 cm³/mol. The summed E-state index contributed by atoms with van der Waals surface area (Å²) in [6.45, 7) is 4.22. The van der Waals surface area contributed by atoms with Gasteiger partial charge in [0.1, 0.15) is 23.1 Å². The Hall–Kier alpha value is -3.96. The molecule has 0 spiro atoms. The number of amides is 2. The first-order chi connectivity index (χ1) is 21.6. The largest absolute Gasteiger partial charge is 0.497 e. The first-order valence-electron chi connectivity index (χ1n) is 15.6. The van der Waals surface area contributed by atoms with Crippen LogP contribution in [0.3, 0.4) is 0 Å². The maximum atomic E-state index is 13.5. The number of methoxy groups -OCH3 is 1. The van der Waals surface area contributed by atoms with Crippen molar-refractivity contribution < 1.29 is 27.5 Å². The number of ether oxygens (including phenoxy) is 2. The Bertz CT molecular complexity index is 1770. The first-order valence-corrected chi connectivity index (χ1v) is 17.1. The lowest BCUT2D eigenvalue weighted by molar-refractivity contribution is -0.130. The lowest BCUT2D eigenvalue weighted by atomic mass is 10.1.